The van der Waals surface area contributed by atoms with Crippen LogP contribution in [0.3, 0.4) is 0 Å². The molecule has 0 spiro atoms. The van der Waals surface area contributed by atoms with E-state index in [0.29, 0.717) is 42.5 Å². The van der Waals surface area contributed by atoms with E-state index >= 15 is 0 Å². The minimum Gasteiger partial charge on any atom is -0.454 e. The zero-order valence-corrected chi connectivity index (χ0v) is 28.1. The van der Waals surface area contributed by atoms with Gasteiger partial charge in [0.05, 0.1) is 4.90 Å². The Bertz CT molecular complexity index is 1830. The van der Waals surface area contributed by atoms with Crippen molar-refractivity contribution in [2.45, 2.75) is 56.1 Å². The lowest BCUT2D eigenvalue weighted by atomic mass is 10.0. The summed E-state index contributed by atoms with van der Waals surface area (Å²) >= 11 is 6.16. The van der Waals surface area contributed by atoms with Gasteiger partial charge < -0.3 is 19.7 Å². The molecule has 1 fully saturated rings. The Balaban J connectivity index is 1.21. The second-order valence-electron chi connectivity index (χ2n) is 12.0. The number of hydrogen-bond acceptors (Lipinski definition) is 6. The number of amides is 2. The molecule has 1 N–H and O–H groups in total. The molecule has 2 aliphatic heterocycles. The number of carbonyl (C=O) groups is 2. The van der Waals surface area contributed by atoms with E-state index in [0.717, 1.165) is 35.1 Å². The molecule has 11 heteroatoms. The quantitative estimate of drug-likeness (QED) is 0.192. The van der Waals surface area contributed by atoms with Gasteiger partial charge in [0.2, 0.25) is 28.6 Å². The average Bonchev–Trinajstić information content (AvgIpc) is 3.83. The third-order valence-electron chi connectivity index (χ3n) is 8.69. The van der Waals surface area contributed by atoms with E-state index in [1.54, 1.807) is 41.3 Å². The van der Waals surface area contributed by atoms with Crippen LogP contribution < -0.4 is 14.8 Å². The van der Waals surface area contributed by atoms with E-state index in [9.17, 15) is 18.0 Å². The second kappa shape index (κ2) is 15.2. The van der Waals surface area contributed by atoms with Crippen molar-refractivity contribution in [3.8, 4) is 11.5 Å². The Kier molecular flexibility index (Phi) is 10.6. The van der Waals surface area contributed by atoms with Gasteiger partial charge in [0.15, 0.2) is 11.5 Å². The summed E-state index contributed by atoms with van der Waals surface area (Å²) in [5, 5.41) is 3.62. The second-order valence-corrected chi connectivity index (χ2v) is 14.4. The van der Waals surface area contributed by atoms with Crippen LogP contribution >= 0.6 is 11.6 Å². The molecular weight excluding hydrogens is 650 g/mol. The van der Waals surface area contributed by atoms with Crippen molar-refractivity contribution in [1.82, 2.24) is 14.5 Å². The summed E-state index contributed by atoms with van der Waals surface area (Å²) in [6.45, 7) is 1.69. The third-order valence-corrected chi connectivity index (χ3v) is 10.9. The smallest absolute Gasteiger partial charge is 0.243 e. The van der Waals surface area contributed by atoms with Crippen LogP contribution in [0.25, 0.3) is 0 Å². The molecule has 0 bridgehead atoms. The summed E-state index contributed by atoms with van der Waals surface area (Å²) in [5.74, 6) is 0.812. The number of benzene rings is 4. The summed E-state index contributed by atoms with van der Waals surface area (Å²) in [6, 6.07) is 28.3. The van der Waals surface area contributed by atoms with Crippen LogP contribution in [0.15, 0.2) is 102 Å². The Morgan fingerprint density at radius 3 is 2.21 bits per heavy atom. The number of ether oxygens (including phenoxy) is 2. The fraction of sp³-hybridized carbons (Fsp3) is 0.297. The predicted molar refractivity (Wildman–Crippen MR) is 183 cm³/mol. The van der Waals surface area contributed by atoms with Crippen LogP contribution in [0.1, 0.15) is 41.5 Å². The van der Waals surface area contributed by atoms with E-state index in [2.05, 4.69) is 5.32 Å². The standard InChI is InChI=1S/C37H38ClN3O6S/c38-31-14-8-29(9-15-31)25-41(36(42)19-13-27-10-16-32(17-11-27)48(44,45)40-20-4-5-21-40)33(22-28-6-2-1-3-7-28)37(43)39-24-30-12-18-34-35(23-30)47-26-46-34/h1-3,6-12,14-18,23,33H,4-5,13,19-22,24-26H2,(H,39,43)/t33-/m1/s1. The third kappa shape index (κ3) is 8.18. The van der Waals surface area contributed by atoms with Crippen LogP contribution in [-0.4, -0.2) is 55.4 Å². The zero-order valence-electron chi connectivity index (χ0n) is 26.5. The fourth-order valence-electron chi connectivity index (χ4n) is 6.00. The number of nitrogens with one attached hydrogen (secondary N) is 1. The van der Waals surface area contributed by atoms with Gasteiger partial charge in [-0.25, -0.2) is 8.42 Å². The number of halogens is 1. The number of hydrogen-bond donors (Lipinski definition) is 1. The lowest BCUT2D eigenvalue weighted by Crippen LogP contribution is -2.50. The van der Waals surface area contributed by atoms with Gasteiger partial charge in [0, 0.05) is 44.0 Å². The van der Waals surface area contributed by atoms with Crippen molar-refractivity contribution < 1.29 is 27.5 Å². The van der Waals surface area contributed by atoms with Gasteiger partial charge in [0.1, 0.15) is 6.04 Å². The first-order valence-corrected chi connectivity index (χ1v) is 17.9. The molecule has 250 valence electrons. The Morgan fingerprint density at radius 1 is 0.812 bits per heavy atom. The number of rotatable bonds is 13. The topological polar surface area (TPSA) is 105 Å². The van der Waals surface area contributed by atoms with Crippen molar-refractivity contribution >= 4 is 33.4 Å². The minimum atomic E-state index is -3.53. The van der Waals surface area contributed by atoms with Crippen molar-refractivity contribution in [1.29, 1.82) is 0 Å². The SMILES string of the molecule is O=C(NCc1ccc2c(c1)OCO2)[C@@H](Cc1ccccc1)N(Cc1ccc(Cl)cc1)C(=O)CCc1ccc(S(=O)(=O)N2CCCC2)cc1. The summed E-state index contributed by atoms with van der Waals surface area (Å²) in [5.41, 5.74) is 3.44. The van der Waals surface area contributed by atoms with Gasteiger partial charge in [-0.1, -0.05) is 72.3 Å². The largest absolute Gasteiger partial charge is 0.454 e. The molecule has 2 aliphatic rings. The van der Waals surface area contributed by atoms with Crippen LogP contribution in [0, 0.1) is 0 Å². The lowest BCUT2D eigenvalue weighted by molar-refractivity contribution is -0.141. The van der Waals surface area contributed by atoms with E-state index in [1.807, 2.05) is 60.7 Å². The average molecular weight is 688 g/mol. The molecule has 0 saturated carbocycles. The highest BCUT2D eigenvalue weighted by Crippen LogP contribution is 2.32. The predicted octanol–water partition coefficient (Wildman–Crippen LogP) is 5.74. The number of carbonyl (C=O) groups excluding carboxylic acids is 2. The molecule has 2 amide bonds. The van der Waals surface area contributed by atoms with Gasteiger partial charge in [-0.2, -0.15) is 4.31 Å². The molecule has 0 aliphatic carbocycles. The molecule has 2 heterocycles. The molecule has 4 aromatic rings. The lowest BCUT2D eigenvalue weighted by Gasteiger charge is -2.32. The molecule has 1 atom stereocenters. The molecule has 6 rings (SSSR count). The molecule has 4 aromatic carbocycles. The van der Waals surface area contributed by atoms with Gasteiger partial charge in [0.25, 0.3) is 0 Å². The number of sulfonamides is 1. The maximum atomic E-state index is 14.1. The van der Waals surface area contributed by atoms with E-state index in [-0.39, 0.29) is 43.0 Å². The first kappa shape index (κ1) is 33.5. The Labute approximate surface area is 286 Å². The van der Waals surface area contributed by atoms with E-state index in [4.69, 9.17) is 21.1 Å². The maximum Gasteiger partial charge on any atom is 0.243 e. The number of fused-ring (bicyclic) bond motifs is 1. The van der Waals surface area contributed by atoms with Gasteiger partial charge in [-0.15, -0.1) is 0 Å². The molecule has 48 heavy (non-hydrogen) atoms. The van der Waals surface area contributed by atoms with Crippen molar-refractivity contribution in [2.24, 2.45) is 0 Å². The first-order chi connectivity index (χ1) is 23.3. The Hall–Kier alpha value is -4.38. The van der Waals surface area contributed by atoms with Gasteiger partial charge in [-0.3, -0.25) is 9.59 Å². The fourth-order valence-corrected chi connectivity index (χ4v) is 7.64. The summed E-state index contributed by atoms with van der Waals surface area (Å²) in [4.78, 5) is 30.0. The first-order valence-electron chi connectivity index (χ1n) is 16.1. The summed E-state index contributed by atoms with van der Waals surface area (Å²) < 4.78 is 38.4. The molecule has 1 saturated heterocycles. The van der Waals surface area contributed by atoms with Crippen molar-refractivity contribution in [2.75, 3.05) is 19.9 Å². The number of nitrogens with zero attached hydrogens (tertiary/aromatic N) is 2. The maximum absolute atomic E-state index is 14.1. The van der Waals surface area contributed by atoms with Crippen molar-refractivity contribution in [3.05, 3.63) is 124 Å². The monoisotopic (exact) mass is 687 g/mol. The highest BCUT2D eigenvalue weighted by Gasteiger charge is 2.31. The molecular formula is C37H38ClN3O6S. The summed E-state index contributed by atoms with van der Waals surface area (Å²) in [6.07, 6.45) is 2.57. The normalized spacial score (nSPS) is 14.9. The molecule has 0 aromatic heterocycles. The highest BCUT2D eigenvalue weighted by molar-refractivity contribution is 7.89. The van der Waals surface area contributed by atoms with Crippen LogP contribution in [0.5, 0.6) is 11.5 Å². The highest BCUT2D eigenvalue weighted by atomic mass is 35.5. The Morgan fingerprint density at radius 2 is 1.48 bits per heavy atom. The van der Waals surface area contributed by atoms with Gasteiger partial charge in [-0.05, 0) is 77.9 Å². The van der Waals surface area contributed by atoms with Crippen LogP contribution in [0.4, 0.5) is 0 Å². The molecule has 0 unspecified atom stereocenters. The van der Waals surface area contributed by atoms with Gasteiger partial charge >= 0.3 is 0 Å². The molecule has 9 nitrogen and oxygen atoms in total. The summed E-state index contributed by atoms with van der Waals surface area (Å²) in [7, 11) is -3.53. The zero-order chi connectivity index (χ0) is 33.5. The van der Waals surface area contributed by atoms with Crippen molar-refractivity contribution in [3.63, 3.8) is 0 Å². The van der Waals surface area contributed by atoms with Crippen LogP contribution in [0.2, 0.25) is 5.02 Å². The van der Waals surface area contributed by atoms with E-state index in [1.165, 1.54) is 4.31 Å². The van der Waals surface area contributed by atoms with E-state index < -0.39 is 16.1 Å². The minimum absolute atomic E-state index is 0.131. The number of aryl methyl sites for hydroxylation is 1. The van der Waals surface area contributed by atoms with Crippen LogP contribution in [-0.2, 0) is 45.5 Å². The molecule has 0 radical (unpaired) electrons.